The van der Waals surface area contributed by atoms with Gasteiger partial charge in [0.05, 0.1) is 11.1 Å². The van der Waals surface area contributed by atoms with Crippen molar-refractivity contribution in [2.45, 2.75) is 19.8 Å². The second-order valence-corrected chi connectivity index (χ2v) is 5.60. The highest BCUT2D eigenvalue weighted by molar-refractivity contribution is 6.06. The first-order valence-corrected chi connectivity index (χ1v) is 7.34. The standard InChI is InChI=1S/C17H23N3O.2ClH/c1-12(2)16-11-14(17(21)20(4)10-9-18-3)13-7-5-6-8-15(13)19-16;;/h5-8,11-12,18H,9-10H2,1-4H3;2*1H. The zero-order valence-corrected chi connectivity index (χ0v) is 15.6. The number of pyridine rings is 1. The van der Waals surface area contributed by atoms with Crippen LogP contribution in [0.1, 0.15) is 35.8 Å². The summed E-state index contributed by atoms with van der Waals surface area (Å²) in [6, 6.07) is 9.77. The Bertz CT molecular complexity index is 647. The van der Waals surface area contributed by atoms with Crippen molar-refractivity contribution in [1.29, 1.82) is 0 Å². The zero-order chi connectivity index (χ0) is 15.4. The lowest BCUT2D eigenvalue weighted by Crippen LogP contribution is -2.33. The van der Waals surface area contributed by atoms with Gasteiger partial charge < -0.3 is 10.2 Å². The van der Waals surface area contributed by atoms with Crippen LogP contribution in [0.4, 0.5) is 0 Å². The molecule has 0 atom stereocenters. The normalized spacial score (nSPS) is 10.1. The molecule has 128 valence electrons. The molecule has 1 amide bonds. The second-order valence-electron chi connectivity index (χ2n) is 5.60. The SMILES string of the molecule is CNCCN(C)C(=O)c1cc(C(C)C)nc2ccccc12.Cl.Cl. The third kappa shape index (κ3) is 5.06. The van der Waals surface area contributed by atoms with E-state index in [1.54, 1.807) is 4.90 Å². The fourth-order valence-corrected chi connectivity index (χ4v) is 2.26. The number of carbonyl (C=O) groups excluding carboxylic acids is 1. The molecule has 4 nitrogen and oxygen atoms in total. The van der Waals surface area contributed by atoms with Crippen LogP contribution in [-0.2, 0) is 0 Å². The number of hydrogen-bond acceptors (Lipinski definition) is 3. The molecule has 1 aromatic heterocycles. The van der Waals surface area contributed by atoms with E-state index >= 15 is 0 Å². The zero-order valence-electron chi connectivity index (χ0n) is 14.0. The van der Waals surface area contributed by atoms with Crippen molar-refractivity contribution in [3.63, 3.8) is 0 Å². The quantitative estimate of drug-likeness (QED) is 0.890. The minimum absolute atomic E-state index is 0. The number of amides is 1. The van der Waals surface area contributed by atoms with Crippen molar-refractivity contribution in [1.82, 2.24) is 15.2 Å². The van der Waals surface area contributed by atoms with Crippen LogP contribution in [0.3, 0.4) is 0 Å². The van der Waals surface area contributed by atoms with E-state index in [1.165, 1.54) is 0 Å². The van der Waals surface area contributed by atoms with Crippen LogP contribution in [0, 0.1) is 0 Å². The van der Waals surface area contributed by atoms with Crippen molar-refractivity contribution >= 4 is 41.6 Å². The van der Waals surface area contributed by atoms with Gasteiger partial charge in [-0.1, -0.05) is 32.0 Å². The molecule has 0 saturated carbocycles. The van der Waals surface area contributed by atoms with Crippen LogP contribution in [0.2, 0.25) is 0 Å². The molecule has 0 radical (unpaired) electrons. The molecular formula is C17H25Cl2N3O. The van der Waals surface area contributed by atoms with E-state index in [1.807, 2.05) is 44.4 Å². The number of benzene rings is 1. The molecule has 0 fully saturated rings. The van der Waals surface area contributed by atoms with Crippen molar-refractivity contribution in [2.24, 2.45) is 0 Å². The largest absolute Gasteiger partial charge is 0.340 e. The first-order chi connectivity index (χ1) is 10.0. The number of carbonyl (C=O) groups is 1. The molecule has 0 saturated heterocycles. The number of hydrogen-bond donors (Lipinski definition) is 1. The molecule has 0 aliphatic rings. The second kappa shape index (κ2) is 9.71. The predicted molar refractivity (Wildman–Crippen MR) is 101 cm³/mol. The van der Waals surface area contributed by atoms with Gasteiger partial charge in [0, 0.05) is 31.2 Å². The van der Waals surface area contributed by atoms with Gasteiger partial charge in [-0.15, -0.1) is 24.8 Å². The first-order valence-electron chi connectivity index (χ1n) is 7.34. The number of nitrogens with zero attached hydrogens (tertiary/aromatic N) is 2. The Morgan fingerprint density at radius 3 is 2.52 bits per heavy atom. The molecule has 0 aliphatic carbocycles. The van der Waals surface area contributed by atoms with Crippen LogP contribution >= 0.6 is 24.8 Å². The highest BCUT2D eigenvalue weighted by Crippen LogP contribution is 2.23. The lowest BCUT2D eigenvalue weighted by Gasteiger charge is -2.19. The molecule has 6 heteroatoms. The highest BCUT2D eigenvalue weighted by atomic mass is 35.5. The van der Waals surface area contributed by atoms with Gasteiger partial charge in [-0.3, -0.25) is 9.78 Å². The smallest absolute Gasteiger partial charge is 0.254 e. The molecule has 0 unspecified atom stereocenters. The van der Waals surface area contributed by atoms with Gasteiger partial charge in [-0.2, -0.15) is 0 Å². The lowest BCUT2D eigenvalue weighted by molar-refractivity contribution is 0.0798. The number of nitrogens with one attached hydrogen (secondary N) is 1. The molecular weight excluding hydrogens is 333 g/mol. The van der Waals surface area contributed by atoms with Crippen molar-refractivity contribution in [3.05, 3.63) is 41.6 Å². The summed E-state index contributed by atoms with van der Waals surface area (Å²) in [5, 5.41) is 3.99. The summed E-state index contributed by atoms with van der Waals surface area (Å²) < 4.78 is 0. The fourth-order valence-electron chi connectivity index (χ4n) is 2.26. The van der Waals surface area contributed by atoms with Gasteiger partial charge in [0.25, 0.3) is 5.91 Å². The molecule has 1 aromatic carbocycles. The highest BCUT2D eigenvalue weighted by Gasteiger charge is 2.17. The van der Waals surface area contributed by atoms with E-state index in [2.05, 4.69) is 24.1 Å². The molecule has 1 heterocycles. The molecule has 2 aromatic rings. The van der Waals surface area contributed by atoms with E-state index in [9.17, 15) is 4.79 Å². The van der Waals surface area contributed by atoms with Crippen LogP contribution in [-0.4, -0.2) is 43.0 Å². The number of fused-ring (bicyclic) bond motifs is 1. The molecule has 2 rings (SSSR count). The fraction of sp³-hybridized carbons (Fsp3) is 0.412. The molecule has 0 aliphatic heterocycles. The predicted octanol–water partition coefficient (Wildman–Crippen LogP) is 3.49. The molecule has 23 heavy (non-hydrogen) atoms. The Balaban J connectivity index is 0.00000242. The van der Waals surface area contributed by atoms with E-state index < -0.39 is 0 Å². The van der Waals surface area contributed by atoms with Crippen molar-refractivity contribution in [2.75, 3.05) is 27.2 Å². The Labute approximate surface area is 150 Å². The van der Waals surface area contributed by atoms with Gasteiger partial charge in [-0.25, -0.2) is 0 Å². The van der Waals surface area contributed by atoms with Gasteiger partial charge in [0.1, 0.15) is 0 Å². The maximum Gasteiger partial charge on any atom is 0.254 e. The summed E-state index contributed by atoms with van der Waals surface area (Å²) in [6.45, 7) is 5.65. The number of halogens is 2. The van der Waals surface area contributed by atoms with Gasteiger partial charge in [0.15, 0.2) is 0 Å². The van der Waals surface area contributed by atoms with E-state index in [4.69, 9.17) is 0 Å². The summed E-state index contributed by atoms with van der Waals surface area (Å²) >= 11 is 0. The summed E-state index contributed by atoms with van der Waals surface area (Å²) in [6.07, 6.45) is 0. The lowest BCUT2D eigenvalue weighted by atomic mass is 10.0. The van der Waals surface area contributed by atoms with Crippen LogP contribution in [0.5, 0.6) is 0 Å². The van der Waals surface area contributed by atoms with Crippen molar-refractivity contribution in [3.8, 4) is 0 Å². The maximum absolute atomic E-state index is 12.7. The summed E-state index contributed by atoms with van der Waals surface area (Å²) in [4.78, 5) is 19.1. The van der Waals surface area contributed by atoms with E-state index in [0.717, 1.165) is 28.7 Å². The topological polar surface area (TPSA) is 45.2 Å². The number of likely N-dealkylation sites (N-methyl/N-ethyl adjacent to an activating group) is 2. The van der Waals surface area contributed by atoms with E-state index in [-0.39, 0.29) is 30.7 Å². The number of rotatable bonds is 5. The molecule has 1 N–H and O–H groups in total. The average Bonchev–Trinajstić information content (AvgIpc) is 2.50. The maximum atomic E-state index is 12.7. The Hall–Kier alpha value is -1.36. The Kier molecular flexibility index (Phi) is 9.13. The average molecular weight is 358 g/mol. The van der Waals surface area contributed by atoms with Crippen LogP contribution in [0.15, 0.2) is 30.3 Å². The van der Waals surface area contributed by atoms with Crippen LogP contribution < -0.4 is 5.32 Å². The van der Waals surface area contributed by atoms with Gasteiger partial charge >= 0.3 is 0 Å². The molecule has 0 bridgehead atoms. The van der Waals surface area contributed by atoms with Crippen molar-refractivity contribution < 1.29 is 4.79 Å². The van der Waals surface area contributed by atoms with Crippen LogP contribution in [0.25, 0.3) is 10.9 Å². The minimum Gasteiger partial charge on any atom is -0.340 e. The first kappa shape index (κ1) is 21.6. The molecule has 0 spiro atoms. The van der Waals surface area contributed by atoms with Gasteiger partial charge in [-0.05, 0) is 25.1 Å². The monoisotopic (exact) mass is 357 g/mol. The number of para-hydroxylation sites is 1. The Morgan fingerprint density at radius 2 is 1.91 bits per heavy atom. The third-order valence-corrected chi connectivity index (χ3v) is 3.60. The minimum atomic E-state index is 0. The third-order valence-electron chi connectivity index (χ3n) is 3.60. The number of aromatic nitrogens is 1. The summed E-state index contributed by atoms with van der Waals surface area (Å²) in [7, 11) is 3.72. The summed E-state index contributed by atoms with van der Waals surface area (Å²) in [5.74, 6) is 0.342. The van der Waals surface area contributed by atoms with E-state index in [0.29, 0.717) is 12.5 Å². The Morgan fingerprint density at radius 1 is 1.26 bits per heavy atom. The summed E-state index contributed by atoms with van der Waals surface area (Å²) in [5.41, 5.74) is 2.58. The van der Waals surface area contributed by atoms with Gasteiger partial charge in [0.2, 0.25) is 0 Å².